The van der Waals surface area contributed by atoms with Crippen LogP contribution in [-0.2, 0) is 12.3 Å². The molecule has 0 radical (unpaired) electrons. The van der Waals surface area contributed by atoms with E-state index in [1.165, 1.54) is 18.2 Å². The van der Waals surface area contributed by atoms with Crippen molar-refractivity contribution in [3.63, 3.8) is 0 Å². The van der Waals surface area contributed by atoms with Crippen LogP contribution in [-0.4, -0.2) is 12.7 Å². The zero-order chi connectivity index (χ0) is 14.8. The smallest absolute Gasteiger partial charge is 0.165 e. The van der Waals surface area contributed by atoms with Crippen molar-refractivity contribution in [3.05, 3.63) is 59.2 Å². The van der Waals surface area contributed by atoms with E-state index in [-0.39, 0.29) is 30.2 Å². The van der Waals surface area contributed by atoms with Gasteiger partial charge in [-0.1, -0.05) is 12.1 Å². The summed E-state index contributed by atoms with van der Waals surface area (Å²) in [5, 5.41) is 0. The molecule has 1 atom stereocenters. The van der Waals surface area contributed by atoms with Crippen molar-refractivity contribution in [2.24, 2.45) is 0 Å². The first-order chi connectivity index (χ1) is 10.2. The van der Waals surface area contributed by atoms with Gasteiger partial charge in [0.25, 0.3) is 0 Å². The van der Waals surface area contributed by atoms with Crippen LogP contribution in [0.3, 0.4) is 0 Å². The van der Waals surface area contributed by atoms with E-state index >= 15 is 0 Å². The number of fused-ring (bicyclic) bond motifs is 1. The number of rotatable bonds is 4. The summed E-state index contributed by atoms with van der Waals surface area (Å²) < 4.78 is 38.1. The molecule has 0 aliphatic carbocycles. The maximum atomic E-state index is 13.8. The molecule has 1 aliphatic rings. The monoisotopic (exact) mass is 310 g/mol. The summed E-state index contributed by atoms with van der Waals surface area (Å²) in [5.74, 6) is 0.228. The first-order valence-electron chi connectivity index (χ1n) is 6.58. The first kappa shape index (κ1) is 14.1. The van der Waals surface area contributed by atoms with E-state index in [1.807, 2.05) is 0 Å². The molecule has 0 saturated carbocycles. The second kappa shape index (κ2) is 5.90. The van der Waals surface area contributed by atoms with Crippen LogP contribution >= 0.6 is 11.6 Å². The van der Waals surface area contributed by atoms with Gasteiger partial charge >= 0.3 is 0 Å². The lowest BCUT2D eigenvalue weighted by atomic mass is 10.1. The zero-order valence-corrected chi connectivity index (χ0v) is 11.9. The Morgan fingerprint density at radius 1 is 1.24 bits per heavy atom. The number of hydrogen-bond acceptors (Lipinski definition) is 2. The molecule has 21 heavy (non-hydrogen) atoms. The Hall–Kier alpha value is -1.81. The summed E-state index contributed by atoms with van der Waals surface area (Å²) in [5.41, 5.74) is 1.40. The summed E-state index contributed by atoms with van der Waals surface area (Å²) in [6.07, 6.45) is 0.280. The van der Waals surface area contributed by atoms with Gasteiger partial charge in [-0.05, 0) is 24.3 Å². The zero-order valence-electron chi connectivity index (χ0n) is 11.1. The molecule has 0 spiro atoms. The molecule has 2 aromatic rings. The molecule has 2 nitrogen and oxygen atoms in total. The van der Waals surface area contributed by atoms with Gasteiger partial charge in [-0.2, -0.15) is 0 Å². The topological polar surface area (TPSA) is 18.5 Å². The molecule has 110 valence electrons. The molecule has 0 saturated heterocycles. The molecule has 0 aromatic heterocycles. The fourth-order valence-corrected chi connectivity index (χ4v) is 2.59. The normalized spacial score (nSPS) is 16.4. The van der Waals surface area contributed by atoms with Gasteiger partial charge < -0.3 is 9.47 Å². The van der Waals surface area contributed by atoms with E-state index in [4.69, 9.17) is 21.1 Å². The van der Waals surface area contributed by atoms with Gasteiger partial charge in [-0.15, -0.1) is 11.6 Å². The fourth-order valence-electron chi connectivity index (χ4n) is 2.38. The van der Waals surface area contributed by atoms with Crippen LogP contribution in [0.4, 0.5) is 8.78 Å². The lowest BCUT2D eigenvalue weighted by Crippen LogP contribution is -2.23. The Kier molecular flexibility index (Phi) is 3.97. The van der Waals surface area contributed by atoms with Crippen molar-refractivity contribution >= 4 is 11.6 Å². The molecule has 3 rings (SSSR count). The van der Waals surface area contributed by atoms with Crippen molar-refractivity contribution in [2.75, 3.05) is 6.61 Å². The van der Waals surface area contributed by atoms with E-state index < -0.39 is 5.82 Å². The van der Waals surface area contributed by atoms with Crippen LogP contribution in [0.2, 0.25) is 0 Å². The third-order valence-corrected chi connectivity index (χ3v) is 3.66. The molecule has 0 amide bonds. The molecule has 0 bridgehead atoms. The van der Waals surface area contributed by atoms with Gasteiger partial charge in [0.15, 0.2) is 11.6 Å². The Morgan fingerprint density at radius 3 is 2.90 bits per heavy atom. The van der Waals surface area contributed by atoms with Gasteiger partial charge in [-0.25, -0.2) is 8.78 Å². The van der Waals surface area contributed by atoms with Crippen LogP contribution in [0.15, 0.2) is 36.4 Å². The van der Waals surface area contributed by atoms with Gasteiger partial charge in [0.1, 0.15) is 24.3 Å². The predicted octanol–water partition coefficient (Wildman–Crippen LogP) is 4.09. The average molecular weight is 311 g/mol. The molecule has 2 aromatic carbocycles. The van der Waals surface area contributed by atoms with Crippen LogP contribution in [0.5, 0.6) is 11.5 Å². The van der Waals surface area contributed by atoms with Crippen molar-refractivity contribution < 1.29 is 18.3 Å². The van der Waals surface area contributed by atoms with E-state index in [0.717, 1.165) is 5.56 Å². The third kappa shape index (κ3) is 2.95. The molecule has 5 heteroatoms. The minimum absolute atomic E-state index is 0.151. The second-order valence-corrected chi connectivity index (χ2v) is 5.14. The number of halogens is 3. The van der Waals surface area contributed by atoms with Crippen LogP contribution in [0.25, 0.3) is 0 Å². The van der Waals surface area contributed by atoms with E-state index in [2.05, 4.69) is 0 Å². The molecule has 1 heterocycles. The number of alkyl halides is 1. The van der Waals surface area contributed by atoms with Crippen molar-refractivity contribution in [1.82, 2.24) is 0 Å². The average Bonchev–Trinajstić information content (AvgIpc) is 2.87. The van der Waals surface area contributed by atoms with Crippen LogP contribution < -0.4 is 9.47 Å². The Labute approximate surface area is 126 Å². The minimum Gasteiger partial charge on any atom is -0.486 e. The van der Waals surface area contributed by atoms with E-state index in [0.29, 0.717) is 17.7 Å². The number of ether oxygens (including phenoxy) is 2. The standard InChI is InChI=1S/C16H13ClF2O2/c17-8-10-2-1-3-14(19)16(10)20-9-13-7-11-6-12(18)4-5-15(11)21-13/h1-6,13H,7-9H2. The summed E-state index contributed by atoms with van der Waals surface area (Å²) in [7, 11) is 0. The third-order valence-electron chi connectivity index (χ3n) is 3.37. The Bertz CT molecular complexity index is 661. The first-order valence-corrected chi connectivity index (χ1v) is 7.12. The van der Waals surface area contributed by atoms with Crippen LogP contribution in [0, 0.1) is 11.6 Å². The molecule has 1 aliphatic heterocycles. The SMILES string of the molecule is Fc1ccc2c(c1)CC(COc1c(F)cccc1CCl)O2. The number of hydrogen-bond donors (Lipinski definition) is 0. The fraction of sp³-hybridized carbons (Fsp3) is 0.250. The molecule has 0 N–H and O–H groups in total. The highest BCUT2D eigenvalue weighted by molar-refractivity contribution is 6.17. The maximum Gasteiger partial charge on any atom is 0.165 e. The summed E-state index contributed by atoms with van der Waals surface area (Å²) in [6, 6.07) is 9.02. The molecule has 1 unspecified atom stereocenters. The maximum absolute atomic E-state index is 13.8. The summed E-state index contributed by atoms with van der Waals surface area (Å²) in [6.45, 7) is 0.182. The van der Waals surface area contributed by atoms with E-state index in [1.54, 1.807) is 18.2 Å². The van der Waals surface area contributed by atoms with Gasteiger partial charge in [0, 0.05) is 17.5 Å². The molecule has 0 fully saturated rings. The minimum atomic E-state index is -0.449. The van der Waals surface area contributed by atoms with Crippen molar-refractivity contribution in [1.29, 1.82) is 0 Å². The van der Waals surface area contributed by atoms with Crippen molar-refractivity contribution in [3.8, 4) is 11.5 Å². The summed E-state index contributed by atoms with van der Waals surface area (Å²) >= 11 is 5.77. The Balaban J connectivity index is 1.68. The van der Waals surface area contributed by atoms with E-state index in [9.17, 15) is 8.78 Å². The number of para-hydroxylation sites is 1. The largest absolute Gasteiger partial charge is 0.486 e. The summed E-state index contributed by atoms with van der Waals surface area (Å²) in [4.78, 5) is 0. The molecular formula is C16H13ClF2O2. The predicted molar refractivity (Wildman–Crippen MR) is 76.0 cm³/mol. The Morgan fingerprint density at radius 2 is 2.10 bits per heavy atom. The second-order valence-electron chi connectivity index (χ2n) is 4.87. The van der Waals surface area contributed by atoms with Crippen molar-refractivity contribution in [2.45, 2.75) is 18.4 Å². The number of benzene rings is 2. The van der Waals surface area contributed by atoms with Crippen LogP contribution in [0.1, 0.15) is 11.1 Å². The lowest BCUT2D eigenvalue weighted by Gasteiger charge is -2.15. The van der Waals surface area contributed by atoms with Gasteiger partial charge in [0.2, 0.25) is 0 Å². The highest BCUT2D eigenvalue weighted by Crippen LogP contribution is 2.30. The quantitative estimate of drug-likeness (QED) is 0.792. The lowest BCUT2D eigenvalue weighted by molar-refractivity contribution is 0.144. The van der Waals surface area contributed by atoms with Gasteiger partial charge in [0.05, 0.1) is 5.88 Å². The molecular weight excluding hydrogens is 298 g/mol. The highest BCUT2D eigenvalue weighted by atomic mass is 35.5. The highest BCUT2D eigenvalue weighted by Gasteiger charge is 2.24. The van der Waals surface area contributed by atoms with Gasteiger partial charge in [-0.3, -0.25) is 0 Å².